The van der Waals surface area contributed by atoms with Crippen LogP contribution in [0.1, 0.15) is 16.2 Å². The first kappa shape index (κ1) is 6.97. The number of aldehydes is 1. The van der Waals surface area contributed by atoms with Crippen LogP contribution >= 0.6 is 0 Å². The minimum absolute atomic E-state index is 0.429. The molecule has 0 radical (unpaired) electrons. The van der Waals surface area contributed by atoms with Crippen molar-refractivity contribution in [3.05, 3.63) is 29.8 Å². The van der Waals surface area contributed by atoms with E-state index in [1.165, 1.54) is 6.33 Å². The number of carbonyl (C=O) groups excluding carboxylic acids is 1. The lowest BCUT2D eigenvalue weighted by Gasteiger charge is -1.95. The van der Waals surface area contributed by atoms with E-state index in [0.717, 1.165) is 17.5 Å². The lowest BCUT2D eigenvalue weighted by Crippen LogP contribution is -1.98. The van der Waals surface area contributed by atoms with E-state index in [-0.39, 0.29) is 0 Å². The molecule has 0 N–H and O–H groups in total. The maximum atomic E-state index is 10.5. The zero-order chi connectivity index (χ0) is 8.55. The van der Waals surface area contributed by atoms with Gasteiger partial charge in [-0.2, -0.15) is 5.10 Å². The van der Waals surface area contributed by atoms with Crippen molar-refractivity contribution in [2.75, 3.05) is 0 Å². The molecule has 60 valence electrons. The molecule has 0 spiro atoms. The number of nitrogens with zero attached hydrogens (tertiary/aromatic N) is 3. The molecule has 0 aromatic carbocycles. The van der Waals surface area contributed by atoms with Gasteiger partial charge in [-0.1, -0.05) is 0 Å². The first-order valence-corrected chi connectivity index (χ1v) is 3.57. The highest BCUT2D eigenvalue weighted by Crippen LogP contribution is 2.08. The predicted molar refractivity (Wildman–Crippen MR) is 43.1 cm³/mol. The molecular weight excluding hydrogens is 154 g/mol. The Morgan fingerprint density at radius 3 is 3.08 bits per heavy atom. The van der Waals surface area contributed by atoms with Crippen molar-refractivity contribution in [1.82, 2.24) is 14.6 Å². The van der Waals surface area contributed by atoms with Gasteiger partial charge >= 0.3 is 0 Å². The van der Waals surface area contributed by atoms with Crippen LogP contribution in [0.2, 0.25) is 0 Å². The van der Waals surface area contributed by atoms with Gasteiger partial charge in [0.2, 0.25) is 0 Å². The van der Waals surface area contributed by atoms with Crippen LogP contribution in [0.25, 0.3) is 5.52 Å². The van der Waals surface area contributed by atoms with Crippen molar-refractivity contribution in [3.8, 4) is 0 Å². The summed E-state index contributed by atoms with van der Waals surface area (Å²) in [5.74, 6) is 0. The molecule has 0 bridgehead atoms. The van der Waals surface area contributed by atoms with Crippen LogP contribution in [0.5, 0.6) is 0 Å². The summed E-state index contributed by atoms with van der Waals surface area (Å²) in [6.45, 7) is 1.93. The molecule has 12 heavy (non-hydrogen) atoms. The molecule has 2 heterocycles. The Hall–Kier alpha value is -1.71. The second-order valence-corrected chi connectivity index (χ2v) is 2.53. The lowest BCUT2D eigenvalue weighted by molar-refractivity contribution is 0.112. The SMILES string of the molecule is Cc1ccc2c(C=O)ncnn12. The highest BCUT2D eigenvalue weighted by molar-refractivity contribution is 5.82. The summed E-state index contributed by atoms with van der Waals surface area (Å²) >= 11 is 0. The van der Waals surface area contributed by atoms with Crippen molar-refractivity contribution in [3.63, 3.8) is 0 Å². The summed E-state index contributed by atoms with van der Waals surface area (Å²) in [4.78, 5) is 14.4. The van der Waals surface area contributed by atoms with Crippen molar-refractivity contribution in [2.45, 2.75) is 6.92 Å². The van der Waals surface area contributed by atoms with Crippen LogP contribution in [0.3, 0.4) is 0 Å². The Balaban J connectivity index is 2.89. The Morgan fingerprint density at radius 1 is 1.50 bits per heavy atom. The second-order valence-electron chi connectivity index (χ2n) is 2.53. The van der Waals surface area contributed by atoms with Gasteiger partial charge in [-0.15, -0.1) is 0 Å². The van der Waals surface area contributed by atoms with Gasteiger partial charge in [0, 0.05) is 5.69 Å². The minimum atomic E-state index is 0.429. The molecule has 2 rings (SSSR count). The average molecular weight is 161 g/mol. The molecule has 0 aliphatic carbocycles. The van der Waals surface area contributed by atoms with Gasteiger partial charge in [0.1, 0.15) is 12.0 Å². The Morgan fingerprint density at radius 2 is 2.33 bits per heavy atom. The highest BCUT2D eigenvalue weighted by Gasteiger charge is 2.02. The van der Waals surface area contributed by atoms with Gasteiger partial charge in [-0.3, -0.25) is 4.79 Å². The van der Waals surface area contributed by atoms with Gasteiger partial charge in [0.25, 0.3) is 0 Å². The van der Waals surface area contributed by atoms with Crippen LogP contribution in [0.15, 0.2) is 18.5 Å². The molecule has 0 saturated carbocycles. The van der Waals surface area contributed by atoms with E-state index in [1.807, 2.05) is 19.1 Å². The number of hydrogen-bond donors (Lipinski definition) is 0. The van der Waals surface area contributed by atoms with Crippen LogP contribution < -0.4 is 0 Å². The molecule has 4 nitrogen and oxygen atoms in total. The van der Waals surface area contributed by atoms with E-state index in [2.05, 4.69) is 10.1 Å². The molecule has 0 aliphatic rings. The van der Waals surface area contributed by atoms with E-state index in [4.69, 9.17) is 0 Å². The first-order valence-electron chi connectivity index (χ1n) is 3.57. The average Bonchev–Trinajstić information content (AvgIpc) is 2.48. The zero-order valence-electron chi connectivity index (χ0n) is 6.56. The molecular formula is C8H7N3O. The fourth-order valence-electron chi connectivity index (χ4n) is 1.17. The van der Waals surface area contributed by atoms with Crippen molar-refractivity contribution in [1.29, 1.82) is 0 Å². The maximum Gasteiger partial charge on any atom is 0.170 e. The molecule has 0 atom stereocenters. The fraction of sp³-hybridized carbons (Fsp3) is 0.125. The maximum absolute atomic E-state index is 10.5. The third kappa shape index (κ3) is 0.812. The summed E-state index contributed by atoms with van der Waals surface area (Å²) in [5, 5.41) is 4.00. The largest absolute Gasteiger partial charge is 0.296 e. The first-order chi connectivity index (χ1) is 5.83. The van der Waals surface area contributed by atoms with Crippen molar-refractivity contribution < 1.29 is 4.79 Å². The molecule has 0 unspecified atom stereocenters. The van der Waals surface area contributed by atoms with Gasteiger partial charge in [0.05, 0.1) is 5.52 Å². The monoisotopic (exact) mass is 161 g/mol. The highest BCUT2D eigenvalue weighted by atomic mass is 16.1. The van der Waals surface area contributed by atoms with Crippen LogP contribution in [0, 0.1) is 6.92 Å². The van der Waals surface area contributed by atoms with E-state index in [0.29, 0.717) is 5.69 Å². The van der Waals surface area contributed by atoms with Crippen LogP contribution in [-0.4, -0.2) is 20.9 Å². The summed E-state index contributed by atoms with van der Waals surface area (Å²) in [6.07, 6.45) is 2.11. The number of hydrogen-bond acceptors (Lipinski definition) is 3. The Bertz CT molecular complexity index is 433. The molecule has 4 heteroatoms. The predicted octanol–water partition coefficient (Wildman–Crippen LogP) is 0.850. The van der Waals surface area contributed by atoms with Gasteiger partial charge in [0.15, 0.2) is 6.29 Å². The zero-order valence-corrected chi connectivity index (χ0v) is 6.56. The number of fused-ring (bicyclic) bond motifs is 1. The summed E-state index contributed by atoms with van der Waals surface area (Å²) in [5.41, 5.74) is 2.18. The molecule has 2 aromatic heterocycles. The van der Waals surface area contributed by atoms with Crippen LogP contribution in [-0.2, 0) is 0 Å². The summed E-state index contributed by atoms with van der Waals surface area (Å²) in [7, 11) is 0. The molecule has 0 saturated heterocycles. The lowest BCUT2D eigenvalue weighted by atomic mass is 10.4. The molecule has 0 aliphatic heterocycles. The number of rotatable bonds is 1. The van der Waals surface area contributed by atoms with E-state index in [9.17, 15) is 4.79 Å². The van der Waals surface area contributed by atoms with Gasteiger partial charge < -0.3 is 0 Å². The van der Waals surface area contributed by atoms with Crippen LogP contribution in [0.4, 0.5) is 0 Å². The number of aryl methyl sites for hydroxylation is 1. The topological polar surface area (TPSA) is 47.3 Å². The molecule has 2 aromatic rings. The van der Waals surface area contributed by atoms with Crippen molar-refractivity contribution in [2.24, 2.45) is 0 Å². The third-order valence-electron chi connectivity index (χ3n) is 1.78. The van der Waals surface area contributed by atoms with E-state index in [1.54, 1.807) is 4.52 Å². The minimum Gasteiger partial charge on any atom is -0.296 e. The quantitative estimate of drug-likeness (QED) is 0.582. The van der Waals surface area contributed by atoms with E-state index < -0.39 is 0 Å². The Kier molecular flexibility index (Phi) is 1.40. The molecule has 0 amide bonds. The number of aromatic nitrogens is 3. The summed E-state index contributed by atoms with van der Waals surface area (Å²) in [6, 6.07) is 3.73. The van der Waals surface area contributed by atoms with Gasteiger partial charge in [-0.25, -0.2) is 9.50 Å². The standard InChI is InChI=1S/C8H7N3O/c1-6-2-3-8-7(4-12)9-5-10-11(6)8/h2-5H,1H3. The smallest absolute Gasteiger partial charge is 0.170 e. The van der Waals surface area contributed by atoms with E-state index >= 15 is 0 Å². The summed E-state index contributed by atoms with van der Waals surface area (Å²) < 4.78 is 1.69. The van der Waals surface area contributed by atoms with Gasteiger partial charge in [-0.05, 0) is 19.1 Å². The fourth-order valence-corrected chi connectivity index (χ4v) is 1.17. The second kappa shape index (κ2) is 2.41. The number of carbonyl (C=O) groups is 1. The Labute approximate surface area is 68.8 Å². The third-order valence-corrected chi connectivity index (χ3v) is 1.78. The molecule has 0 fully saturated rings. The normalized spacial score (nSPS) is 10.4. The van der Waals surface area contributed by atoms with Crippen molar-refractivity contribution >= 4 is 11.8 Å².